The van der Waals surface area contributed by atoms with E-state index < -0.39 is 0 Å². The number of nitrogens with zero attached hydrogens (tertiary/aromatic N) is 4. The summed E-state index contributed by atoms with van der Waals surface area (Å²) in [5, 5.41) is 15.4. The van der Waals surface area contributed by atoms with Gasteiger partial charge in [0.05, 0.1) is 13.7 Å². The first kappa shape index (κ1) is 16.1. The smallest absolute Gasteiger partial charge is 0.248 e. The Morgan fingerprint density at radius 3 is 2.69 bits per heavy atom. The van der Waals surface area contributed by atoms with E-state index in [1.54, 1.807) is 11.8 Å². The Kier molecular flexibility index (Phi) is 4.27. The van der Waals surface area contributed by atoms with Gasteiger partial charge in [-0.25, -0.2) is 0 Å². The Morgan fingerprint density at radius 1 is 1.12 bits per heavy atom. The van der Waals surface area contributed by atoms with Gasteiger partial charge in [-0.05, 0) is 59.3 Å². The van der Waals surface area contributed by atoms with Gasteiger partial charge in [0.2, 0.25) is 5.95 Å². The van der Waals surface area contributed by atoms with E-state index in [4.69, 9.17) is 9.47 Å². The average Bonchev–Trinajstić information content (AvgIpc) is 3.17. The number of rotatable bonds is 5. The minimum Gasteiger partial charge on any atom is -0.497 e. The molecule has 4 rings (SSSR count). The standard InChI is InChI=1S/C19H19N5O2/c1-3-26-18-7-5-4-6-15(18)17-12-16(20-19-21-22-23-24(17)19)13-8-10-14(25-2)11-9-13/h4-12,17H,3H2,1-2H3,(H,20,21,23)/t17-/m0/s1. The predicted molar refractivity (Wildman–Crippen MR) is 98.2 cm³/mol. The third-order valence-electron chi connectivity index (χ3n) is 4.27. The number of nitrogens with one attached hydrogen (secondary N) is 1. The molecule has 0 bridgehead atoms. The minimum atomic E-state index is -0.166. The largest absolute Gasteiger partial charge is 0.497 e. The van der Waals surface area contributed by atoms with Crippen molar-refractivity contribution >= 4 is 11.6 Å². The molecule has 0 radical (unpaired) electrons. The van der Waals surface area contributed by atoms with Crippen LogP contribution in [0.5, 0.6) is 11.5 Å². The highest BCUT2D eigenvalue weighted by molar-refractivity contribution is 5.77. The van der Waals surface area contributed by atoms with Crippen LogP contribution in [0.25, 0.3) is 5.70 Å². The number of aromatic nitrogens is 4. The second-order valence-corrected chi connectivity index (χ2v) is 5.80. The molecule has 0 spiro atoms. The summed E-state index contributed by atoms with van der Waals surface area (Å²) in [4.78, 5) is 0. The van der Waals surface area contributed by atoms with E-state index >= 15 is 0 Å². The Morgan fingerprint density at radius 2 is 1.92 bits per heavy atom. The molecule has 0 fully saturated rings. The number of methoxy groups -OCH3 is 1. The fourth-order valence-corrected chi connectivity index (χ4v) is 3.03. The van der Waals surface area contributed by atoms with Crippen molar-refractivity contribution in [3.8, 4) is 11.5 Å². The highest BCUT2D eigenvalue weighted by atomic mass is 16.5. The quantitative estimate of drug-likeness (QED) is 0.763. The van der Waals surface area contributed by atoms with Crippen LogP contribution in [0.15, 0.2) is 54.6 Å². The third kappa shape index (κ3) is 2.88. The van der Waals surface area contributed by atoms with Gasteiger partial charge in [0, 0.05) is 11.3 Å². The summed E-state index contributed by atoms with van der Waals surface area (Å²) in [5.74, 6) is 2.23. The molecule has 3 aromatic rings. The van der Waals surface area contributed by atoms with E-state index in [1.807, 2.05) is 55.5 Å². The molecule has 0 saturated heterocycles. The number of hydrogen-bond donors (Lipinski definition) is 1. The molecule has 7 heteroatoms. The molecule has 1 aliphatic heterocycles. The zero-order valence-corrected chi connectivity index (χ0v) is 14.6. The van der Waals surface area contributed by atoms with Crippen molar-refractivity contribution in [3.63, 3.8) is 0 Å². The highest BCUT2D eigenvalue weighted by Crippen LogP contribution is 2.35. The first-order valence-corrected chi connectivity index (χ1v) is 8.43. The lowest BCUT2D eigenvalue weighted by Crippen LogP contribution is -2.20. The molecule has 2 heterocycles. The molecular weight excluding hydrogens is 330 g/mol. The Balaban J connectivity index is 1.78. The van der Waals surface area contributed by atoms with Crippen LogP contribution in [-0.2, 0) is 0 Å². The molecule has 1 aliphatic rings. The monoisotopic (exact) mass is 349 g/mol. The van der Waals surface area contributed by atoms with Crippen molar-refractivity contribution < 1.29 is 9.47 Å². The van der Waals surface area contributed by atoms with Gasteiger partial charge in [0.15, 0.2) is 0 Å². The van der Waals surface area contributed by atoms with Crippen molar-refractivity contribution in [1.29, 1.82) is 0 Å². The van der Waals surface area contributed by atoms with Crippen LogP contribution in [-0.4, -0.2) is 33.9 Å². The van der Waals surface area contributed by atoms with E-state index in [1.165, 1.54) is 0 Å². The van der Waals surface area contributed by atoms with Crippen molar-refractivity contribution in [1.82, 2.24) is 20.2 Å². The average molecular weight is 349 g/mol. The second kappa shape index (κ2) is 6.87. The first-order chi connectivity index (χ1) is 12.8. The van der Waals surface area contributed by atoms with Crippen LogP contribution in [0.4, 0.5) is 5.95 Å². The van der Waals surface area contributed by atoms with Crippen LogP contribution in [0.1, 0.15) is 24.1 Å². The summed E-state index contributed by atoms with van der Waals surface area (Å²) >= 11 is 0. The summed E-state index contributed by atoms with van der Waals surface area (Å²) in [5.41, 5.74) is 2.97. The van der Waals surface area contributed by atoms with Gasteiger partial charge in [0.25, 0.3) is 0 Å². The molecule has 1 atom stereocenters. The first-order valence-electron chi connectivity index (χ1n) is 8.43. The summed E-state index contributed by atoms with van der Waals surface area (Å²) in [6, 6.07) is 15.7. The molecule has 1 N–H and O–H groups in total. The maximum absolute atomic E-state index is 5.80. The van der Waals surface area contributed by atoms with Crippen LogP contribution in [0, 0.1) is 0 Å². The normalized spacial score (nSPS) is 15.6. The number of allylic oxidation sites excluding steroid dienone is 1. The molecule has 2 aromatic carbocycles. The van der Waals surface area contributed by atoms with Crippen molar-refractivity contribution in [2.45, 2.75) is 13.0 Å². The van der Waals surface area contributed by atoms with E-state index in [-0.39, 0.29) is 6.04 Å². The zero-order chi connectivity index (χ0) is 17.9. The number of fused-ring (bicyclic) bond motifs is 1. The fourth-order valence-electron chi connectivity index (χ4n) is 3.03. The molecular formula is C19H19N5O2. The molecule has 0 aliphatic carbocycles. The van der Waals surface area contributed by atoms with Crippen LogP contribution in [0.2, 0.25) is 0 Å². The number of hydrogen-bond acceptors (Lipinski definition) is 6. The minimum absolute atomic E-state index is 0.166. The van der Waals surface area contributed by atoms with Gasteiger partial charge in [-0.3, -0.25) is 0 Å². The van der Waals surface area contributed by atoms with Crippen molar-refractivity contribution in [3.05, 3.63) is 65.7 Å². The SMILES string of the molecule is CCOc1ccccc1[C@@H]1C=C(c2ccc(OC)cc2)Nc2nnnn21. The van der Waals surface area contributed by atoms with Gasteiger partial charge < -0.3 is 14.8 Å². The van der Waals surface area contributed by atoms with Gasteiger partial charge in [0.1, 0.15) is 17.5 Å². The number of benzene rings is 2. The molecule has 0 unspecified atom stereocenters. The van der Waals surface area contributed by atoms with E-state index in [0.717, 1.165) is 28.3 Å². The van der Waals surface area contributed by atoms with Crippen LogP contribution < -0.4 is 14.8 Å². The fraction of sp³-hybridized carbons (Fsp3) is 0.211. The number of ether oxygens (including phenoxy) is 2. The Hall–Kier alpha value is -3.35. The lowest BCUT2D eigenvalue weighted by Gasteiger charge is -2.25. The molecule has 0 amide bonds. The van der Waals surface area contributed by atoms with Crippen molar-refractivity contribution in [2.75, 3.05) is 19.0 Å². The number of tetrazole rings is 1. The molecule has 26 heavy (non-hydrogen) atoms. The highest BCUT2D eigenvalue weighted by Gasteiger charge is 2.26. The maximum Gasteiger partial charge on any atom is 0.248 e. The summed E-state index contributed by atoms with van der Waals surface area (Å²) in [7, 11) is 1.65. The summed E-state index contributed by atoms with van der Waals surface area (Å²) in [6.07, 6.45) is 2.10. The second-order valence-electron chi connectivity index (χ2n) is 5.80. The van der Waals surface area contributed by atoms with Gasteiger partial charge in [-0.2, -0.15) is 4.68 Å². The van der Waals surface area contributed by atoms with Gasteiger partial charge >= 0.3 is 0 Å². The topological polar surface area (TPSA) is 74.1 Å². The zero-order valence-electron chi connectivity index (χ0n) is 14.6. The lowest BCUT2D eigenvalue weighted by molar-refractivity contribution is 0.333. The van der Waals surface area contributed by atoms with E-state index in [9.17, 15) is 0 Å². The van der Waals surface area contributed by atoms with Crippen LogP contribution >= 0.6 is 0 Å². The summed E-state index contributed by atoms with van der Waals surface area (Å²) < 4.78 is 12.8. The maximum atomic E-state index is 5.80. The number of para-hydroxylation sites is 1. The van der Waals surface area contributed by atoms with E-state index in [0.29, 0.717) is 12.6 Å². The lowest BCUT2D eigenvalue weighted by atomic mass is 10.0. The Bertz CT molecular complexity index is 933. The molecule has 7 nitrogen and oxygen atoms in total. The predicted octanol–water partition coefficient (Wildman–Crippen LogP) is 3.14. The Labute approximate surface area is 151 Å². The number of anilines is 1. The molecule has 1 aromatic heterocycles. The van der Waals surface area contributed by atoms with Gasteiger partial charge in [-0.15, -0.1) is 0 Å². The van der Waals surface area contributed by atoms with Crippen molar-refractivity contribution in [2.24, 2.45) is 0 Å². The molecule has 0 saturated carbocycles. The third-order valence-corrected chi connectivity index (χ3v) is 4.27. The van der Waals surface area contributed by atoms with Gasteiger partial charge in [-0.1, -0.05) is 23.3 Å². The molecule has 132 valence electrons. The van der Waals surface area contributed by atoms with E-state index in [2.05, 4.69) is 26.9 Å². The van der Waals surface area contributed by atoms with Crippen LogP contribution in [0.3, 0.4) is 0 Å². The summed E-state index contributed by atoms with van der Waals surface area (Å²) in [6.45, 7) is 2.57.